The van der Waals surface area contributed by atoms with E-state index in [0.717, 1.165) is 12.0 Å². The summed E-state index contributed by atoms with van der Waals surface area (Å²) in [5, 5.41) is 11.8. The monoisotopic (exact) mass is 350 g/mol. The van der Waals surface area contributed by atoms with Gasteiger partial charge in [0.05, 0.1) is 13.1 Å². The van der Waals surface area contributed by atoms with E-state index >= 15 is 0 Å². The summed E-state index contributed by atoms with van der Waals surface area (Å²) in [4.78, 5) is 24.1. The molecule has 3 rings (SSSR count). The summed E-state index contributed by atoms with van der Waals surface area (Å²) in [6.07, 6.45) is 3.15. The lowest BCUT2D eigenvalue weighted by molar-refractivity contribution is -0.119. The molecule has 0 unspecified atom stereocenters. The average Bonchev–Trinajstić information content (AvgIpc) is 2.91. The molecule has 2 aliphatic carbocycles. The molecule has 25 heavy (non-hydrogen) atoms. The second-order valence-electron chi connectivity index (χ2n) is 6.86. The van der Waals surface area contributed by atoms with Crippen LogP contribution in [0.1, 0.15) is 13.3 Å². The molecule has 1 saturated heterocycles. The highest BCUT2D eigenvalue weighted by Crippen LogP contribution is 2.57. The molecule has 3 aliphatic rings. The average molecular weight is 350 g/mol. The van der Waals surface area contributed by atoms with Gasteiger partial charge >= 0.3 is 6.09 Å². The van der Waals surface area contributed by atoms with Gasteiger partial charge in [0, 0.05) is 25.6 Å². The van der Waals surface area contributed by atoms with Crippen molar-refractivity contribution < 1.29 is 23.8 Å². The summed E-state index contributed by atoms with van der Waals surface area (Å²) in [6.45, 7) is 6.04. The molecular formula is C18H23FN2O4. The van der Waals surface area contributed by atoms with Gasteiger partial charge in [-0.2, -0.15) is 0 Å². The van der Waals surface area contributed by atoms with Crippen molar-refractivity contribution in [2.45, 2.75) is 19.4 Å². The van der Waals surface area contributed by atoms with Crippen molar-refractivity contribution in [2.75, 3.05) is 26.2 Å². The first-order chi connectivity index (χ1) is 11.9. The van der Waals surface area contributed by atoms with Gasteiger partial charge < -0.3 is 20.1 Å². The van der Waals surface area contributed by atoms with Crippen LogP contribution >= 0.6 is 0 Å². The number of nitrogens with one attached hydrogen (secondary N) is 1. The van der Waals surface area contributed by atoms with Crippen LogP contribution in [0.25, 0.3) is 0 Å². The zero-order valence-electron chi connectivity index (χ0n) is 14.2. The Morgan fingerprint density at radius 3 is 2.96 bits per heavy atom. The van der Waals surface area contributed by atoms with E-state index in [1.165, 1.54) is 17.9 Å². The lowest BCUT2D eigenvalue weighted by Crippen LogP contribution is -2.33. The van der Waals surface area contributed by atoms with E-state index in [4.69, 9.17) is 9.84 Å². The lowest BCUT2D eigenvalue weighted by Gasteiger charge is -2.12. The highest BCUT2D eigenvalue weighted by atomic mass is 19.1. The van der Waals surface area contributed by atoms with E-state index in [-0.39, 0.29) is 25.6 Å². The summed E-state index contributed by atoms with van der Waals surface area (Å²) in [5.74, 6) is 0.470. The van der Waals surface area contributed by atoms with E-state index < -0.39 is 18.0 Å². The minimum absolute atomic E-state index is 0.0969. The molecule has 0 aromatic heterocycles. The molecule has 6 nitrogen and oxygen atoms in total. The molecule has 1 aliphatic heterocycles. The van der Waals surface area contributed by atoms with Crippen LogP contribution in [0.4, 0.5) is 9.18 Å². The van der Waals surface area contributed by atoms with Crippen molar-refractivity contribution in [3.63, 3.8) is 0 Å². The van der Waals surface area contributed by atoms with E-state index in [0.29, 0.717) is 29.9 Å². The highest BCUT2D eigenvalue weighted by Gasteiger charge is 2.52. The number of amides is 2. The Kier molecular flexibility index (Phi) is 4.94. The van der Waals surface area contributed by atoms with Crippen molar-refractivity contribution in [1.29, 1.82) is 0 Å². The predicted molar refractivity (Wildman–Crippen MR) is 89.1 cm³/mol. The van der Waals surface area contributed by atoms with E-state index in [1.807, 2.05) is 6.08 Å². The molecule has 4 atom stereocenters. The molecule has 0 spiro atoms. The van der Waals surface area contributed by atoms with Gasteiger partial charge in [0.1, 0.15) is 11.9 Å². The van der Waals surface area contributed by atoms with Crippen molar-refractivity contribution in [2.24, 2.45) is 17.8 Å². The van der Waals surface area contributed by atoms with Gasteiger partial charge in [0.25, 0.3) is 0 Å². The van der Waals surface area contributed by atoms with Crippen molar-refractivity contribution >= 4 is 12.0 Å². The zero-order chi connectivity index (χ0) is 18.1. The number of aliphatic hydroxyl groups excluding tert-OH is 1. The fourth-order valence-electron chi connectivity index (χ4n) is 3.60. The second-order valence-corrected chi connectivity index (χ2v) is 6.86. The number of fused-ring (bicyclic) bond motifs is 1. The Morgan fingerprint density at radius 1 is 1.60 bits per heavy atom. The standard InChI is InChI=1S/C18H23FN2O4/c1-10(12-5-14-15(6-12)16(14)9-22)17(19)3-4-21-8-13(25-18(21)24)7-20-11(2)23/h3,5,13-16,22H,1,4,6-9H2,2H3,(H,20,23)/t13-,14-,15+,16+/m0/s1. The molecule has 2 N–H and O–H groups in total. The van der Waals surface area contributed by atoms with Gasteiger partial charge in [0.15, 0.2) is 0 Å². The maximum Gasteiger partial charge on any atom is 0.410 e. The van der Waals surface area contributed by atoms with Gasteiger partial charge in [-0.1, -0.05) is 12.7 Å². The minimum atomic E-state index is -0.517. The molecule has 0 aromatic carbocycles. The molecule has 1 heterocycles. The number of nitrogens with zero attached hydrogens (tertiary/aromatic N) is 1. The SMILES string of the molecule is C=C(C(F)=CCN1C[C@H](CNC(C)=O)OC1=O)C1=C[C@@H]2[C@@H](CO)[C@@H]2C1. The molecule has 7 heteroatoms. The molecule has 2 fully saturated rings. The smallest absolute Gasteiger partial charge is 0.410 e. The topological polar surface area (TPSA) is 78.9 Å². The molecule has 1 saturated carbocycles. The molecule has 2 amide bonds. The fraction of sp³-hybridized carbons (Fsp3) is 0.556. The first-order valence-electron chi connectivity index (χ1n) is 8.47. The summed E-state index contributed by atoms with van der Waals surface area (Å²) in [7, 11) is 0. The molecule has 136 valence electrons. The van der Waals surface area contributed by atoms with Crippen molar-refractivity contribution in [1.82, 2.24) is 10.2 Å². The Labute approximate surface area is 146 Å². The largest absolute Gasteiger partial charge is 0.442 e. The number of hydrogen-bond acceptors (Lipinski definition) is 4. The predicted octanol–water partition coefficient (Wildman–Crippen LogP) is 1.54. The van der Waals surface area contributed by atoms with Crippen LogP contribution in [0.3, 0.4) is 0 Å². The second kappa shape index (κ2) is 7.00. The number of carbonyl (C=O) groups is 2. The number of aliphatic hydroxyl groups is 1. The molecule has 0 bridgehead atoms. The molecular weight excluding hydrogens is 327 g/mol. The van der Waals surface area contributed by atoms with Crippen LogP contribution in [-0.2, 0) is 9.53 Å². The third-order valence-electron chi connectivity index (χ3n) is 5.15. The van der Waals surface area contributed by atoms with Crippen LogP contribution in [-0.4, -0.2) is 54.4 Å². The van der Waals surface area contributed by atoms with Gasteiger partial charge in [0.2, 0.25) is 5.91 Å². The maximum absolute atomic E-state index is 14.3. The van der Waals surface area contributed by atoms with Gasteiger partial charge in [-0.3, -0.25) is 4.79 Å². The van der Waals surface area contributed by atoms with E-state index in [2.05, 4.69) is 11.9 Å². The van der Waals surface area contributed by atoms with Gasteiger partial charge in [-0.15, -0.1) is 0 Å². The number of allylic oxidation sites excluding steroid dienone is 4. The van der Waals surface area contributed by atoms with E-state index in [9.17, 15) is 14.0 Å². The highest BCUT2D eigenvalue weighted by molar-refractivity contribution is 5.73. The summed E-state index contributed by atoms with van der Waals surface area (Å²) in [5.41, 5.74) is 1.24. The number of halogens is 1. The Balaban J connectivity index is 1.50. The van der Waals surface area contributed by atoms with E-state index in [1.54, 1.807) is 0 Å². The van der Waals surface area contributed by atoms with Crippen LogP contribution in [0.15, 0.2) is 35.7 Å². The van der Waals surface area contributed by atoms with Gasteiger partial charge in [-0.05, 0) is 35.8 Å². The number of ether oxygens (including phenoxy) is 1. The summed E-state index contributed by atoms with van der Waals surface area (Å²) < 4.78 is 19.5. The third-order valence-corrected chi connectivity index (χ3v) is 5.15. The Morgan fingerprint density at radius 2 is 2.36 bits per heavy atom. The Hall–Kier alpha value is -2.15. The molecule has 0 radical (unpaired) electrons. The Bertz CT molecular complexity index is 657. The summed E-state index contributed by atoms with van der Waals surface area (Å²) in [6, 6.07) is 0. The normalized spacial score (nSPS) is 30.7. The minimum Gasteiger partial charge on any atom is -0.442 e. The van der Waals surface area contributed by atoms with Crippen molar-refractivity contribution in [3.8, 4) is 0 Å². The van der Waals surface area contributed by atoms with Crippen molar-refractivity contribution in [3.05, 3.63) is 35.7 Å². The lowest BCUT2D eigenvalue weighted by atomic mass is 10.0. The fourth-order valence-corrected chi connectivity index (χ4v) is 3.60. The molecule has 0 aromatic rings. The number of carbonyl (C=O) groups excluding carboxylic acids is 2. The van der Waals surface area contributed by atoms with Crippen LogP contribution in [0, 0.1) is 17.8 Å². The number of cyclic esters (lactones) is 1. The third kappa shape index (κ3) is 3.76. The van der Waals surface area contributed by atoms with Crippen LogP contribution in [0.2, 0.25) is 0 Å². The number of hydrogen-bond donors (Lipinski definition) is 2. The summed E-state index contributed by atoms with van der Waals surface area (Å²) >= 11 is 0. The quantitative estimate of drug-likeness (QED) is 0.683. The number of rotatable bonds is 7. The first kappa shape index (κ1) is 17.7. The van der Waals surface area contributed by atoms with Crippen LogP contribution in [0.5, 0.6) is 0 Å². The maximum atomic E-state index is 14.3. The first-order valence-corrected chi connectivity index (χ1v) is 8.47. The van der Waals surface area contributed by atoms with Gasteiger partial charge in [-0.25, -0.2) is 9.18 Å². The zero-order valence-corrected chi connectivity index (χ0v) is 14.2. The van der Waals surface area contributed by atoms with Crippen LogP contribution < -0.4 is 5.32 Å².